The van der Waals surface area contributed by atoms with Crippen LogP contribution in [-0.2, 0) is 56.3 Å². The molecule has 0 bridgehead atoms. The standard InChI is InChI=1S/C36H37.Zr/c1-35(2,3)33-19-17-27-25-13-9-7-11-23(25)21-31(27)29(33)15-16-30-32-22-24-12-8-10-14-26(24)28(32)18-20-34(30)36(4,5)6;/h7-15,17-20H,16,21-22H2,1-6H3;/q-1;. The van der Waals surface area contributed by atoms with Gasteiger partial charge in [-0.15, -0.1) is 17.2 Å². The van der Waals surface area contributed by atoms with E-state index in [0.717, 1.165) is 19.3 Å². The van der Waals surface area contributed by atoms with Gasteiger partial charge >= 0.3 is 0 Å². The summed E-state index contributed by atoms with van der Waals surface area (Å²) in [6.45, 7) is 14.1. The summed E-state index contributed by atoms with van der Waals surface area (Å²) in [6.07, 6.45) is 5.62. The zero-order valence-corrected chi connectivity index (χ0v) is 25.6. The smallest absolute Gasteiger partial charge is 0 e. The molecule has 2 aliphatic rings. The summed E-state index contributed by atoms with van der Waals surface area (Å²) in [6, 6.07) is 27.5. The van der Waals surface area contributed by atoms with Gasteiger partial charge in [-0.05, 0) is 62.8 Å². The molecule has 0 amide bonds. The molecule has 0 atom stereocenters. The summed E-state index contributed by atoms with van der Waals surface area (Å²) < 4.78 is 0. The molecule has 0 unspecified atom stereocenters. The minimum absolute atomic E-state index is 0. The average molecular weight is 561 g/mol. The van der Waals surface area contributed by atoms with Crippen LogP contribution in [0.2, 0.25) is 0 Å². The Labute approximate surface area is 242 Å². The molecule has 186 valence electrons. The number of rotatable bonds is 3. The topological polar surface area (TPSA) is 0 Å². The Morgan fingerprint density at radius 2 is 1.05 bits per heavy atom. The number of hydrogen-bond acceptors (Lipinski definition) is 0. The Kier molecular flexibility index (Phi) is 6.69. The van der Waals surface area contributed by atoms with Crippen molar-refractivity contribution in [3.8, 4) is 22.3 Å². The third-order valence-electron chi connectivity index (χ3n) is 8.26. The van der Waals surface area contributed by atoms with Gasteiger partial charge in [-0.2, -0.15) is 12.0 Å². The van der Waals surface area contributed by atoms with Gasteiger partial charge in [-0.1, -0.05) is 126 Å². The largest absolute Gasteiger partial charge is 0.184 e. The molecule has 0 fully saturated rings. The second-order valence-electron chi connectivity index (χ2n) is 12.7. The second kappa shape index (κ2) is 9.43. The van der Waals surface area contributed by atoms with Crippen molar-refractivity contribution in [2.75, 3.05) is 0 Å². The first kappa shape index (κ1) is 26.2. The quantitative estimate of drug-likeness (QED) is 0.189. The minimum atomic E-state index is 0. The van der Waals surface area contributed by atoms with E-state index < -0.39 is 0 Å². The van der Waals surface area contributed by atoms with Crippen LogP contribution >= 0.6 is 0 Å². The second-order valence-corrected chi connectivity index (χ2v) is 12.7. The molecule has 1 heteroatoms. The van der Waals surface area contributed by atoms with Gasteiger partial charge in [0.25, 0.3) is 0 Å². The van der Waals surface area contributed by atoms with Crippen LogP contribution in [0.4, 0.5) is 0 Å². The van der Waals surface area contributed by atoms with Crippen molar-refractivity contribution in [1.82, 2.24) is 0 Å². The molecule has 2 aliphatic carbocycles. The van der Waals surface area contributed by atoms with E-state index in [0.29, 0.717) is 0 Å². The molecule has 0 spiro atoms. The molecular formula is C36H37Zr-. The Hall–Kier alpha value is -2.37. The van der Waals surface area contributed by atoms with Crippen LogP contribution in [0.1, 0.15) is 86.1 Å². The van der Waals surface area contributed by atoms with Crippen molar-refractivity contribution >= 4 is 0 Å². The monoisotopic (exact) mass is 559 g/mol. The first-order chi connectivity index (χ1) is 17.1. The summed E-state index contributed by atoms with van der Waals surface area (Å²) >= 11 is 0. The van der Waals surface area contributed by atoms with Crippen molar-refractivity contribution in [1.29, 1.82) is 0 Å². The van der Waals surface area contributed by atoms with E-state index in [1.807, 2.05) is 0 Å². The Morgan fingerprint density at radius 1 is 0.568 bits per heavy atom. The summed E-state index contributed by atoms with van der Waals surface area (Å²) in [5, 5.41) is 0. The molecule has 0 N–H and O–H groups in total. The van der Waals surface area contributed by atoms with Gasteiger partial charge in [-0.3, -0.25) is 0 Å². The van der Waals surface area contributed by atoms with Gasteiger partial charge in [0.1, 0.15) is 0 Å². The number of benzene rings is 4. The fourth-order valence-corrected chi connectivity index (χ4v) is 6.54. The third-order valence-corrected chi connectivity index (χ3v) is 8.26. The van der Waals surface area contributed by atoms with E-state index in [9.17, 15) is 0 Å². The van der Waals surface area contributed by atoms with E-state index >= 15 is 0 Å². The average Bonchev–Trinajstić information content (AvgIpc) is 3.39. The maximum Gasteiger partial charge on any atom is 0 e. The molecule has 0 aliphatic heterocycles. The molecule has 0 saturated carbocycles. The van der Waals surface area contributed by atoms with Crippen LogP contribution < -0.4 is 0 Å². The van der Waals surface area contributed by atoms with Gasteiger partial charge in [0, 0.05) is 26.2 Å². The van der Waals surface area contributed by atoms with Crippen LogP contribution in [0.3, 0.4) is 0 Å². The van der Waals surface area contributed by atoms with Crippen molar-refractivity contribution in [3.05, 3.63) is 124 Å². The molecule has 0 aromatic heterocycles. The zero-order chi connectivity index (χ0) is 25.2. The SMILES string of the molecule is CC(C)(C)c1ccc2c(c1[CH-]Cc1c(C(C)(C)C)ccc3c1Cc1ccccc1-3)Cc1ccccc1-2.[Zr]. The molecule has 0 nitrogen and oxygen atoms in total. The van der Waals surface area contributed by atoms with Gasteiger partial charge in [0.15, 0.2) is 0 Å². The molecule has 0 saturated heterocycles. The predicted octanol–water partition coefficient (Wildman–Crippen LogP) is 9.22. The summed E-state index contributed by atoms with van der Waals surface area (Å²) in [5.74, 6) is 0. The van der Waals surface area contributed by atoms with Crippen LogP contribution in [0, 0.1) is 6.42 Å². The zero-order valence-electron chi connectivity index (χ0n) is 23.1. The fraction of sp³-hybridized carbons (Fsp3) is 0.306. The normalized spacial score (nSPS) is 13.4. The van der Waals surface area contributed by atoms with Crippen LogP contribution in [0.5, 0.6) is 0 Å². The van der Waals surface area contributed by atoms with Gasteiger partial charge < -0.3 is 0 Å². The van der Waals surface area contributed by atoms with Gasteiger partial charge in [0.2, 0.25) is 0 Å². The van der Waals surface area contributed by atoms with E-state index in [4.69, 9.17) is 0 Å². The summed E-state index contributed by atoms with van der Waals surface area (Å²) in [5.41, 5.74) is 17.8. The van der Waals surface area contributed by atoms with Crippen LogP contribution in [-0.4, -0.2) is 0 Å². The molecule has 6 rings (SSSR count). The van der Waals surface area contributed by atoms with Gasteiger partial charge in [0.05, 0.1) is 0 Å². The number of fused-ring (bicyclic) bond motifs is 6. The molecule has 37 heavy (non-hydrogen) atoms. The Morgan fingerprint density at radius 3 is 1.62 bits per heavy atom. The maximum atomic E-state index is 2.57. The summed E-state index contributed by atoms with van der Waals surface area (Å²) in [4.78, 5) is 0. The van der Waals surface area contributed by atoms with E-state index in [1.54, 1.807) is 0 Å². The molecule has 0 radical (unpaired) electrons. The minimum Gasteiger partial charge on any atom is -0.184 e. The predicted molar refractivity (Wildman–Crippen MR) is 154 cm³/mol. The Balaban J connectivity index is 0.00000280. The first-order valence-corrected chi connectivity index (χ1v) is 13.4. The maximum absolute atomic E-state index is 2.57. The Bertz CT molecular complexity index is 1380. The van der Waals surface area contributed by atoms with Crippen LogP contribution in [0.25, 0.3) is 22.3 Å². The molecule has 4 aromatic rings. The molecule has 4 aromatic carbocycles. The van der Waals surface area contributed by atoms with Crippen molar-refractivity contribution < 1.29 is 26.2 Å². The molecular weight excluding hydrogens is 524 g/mol. The first-order valence-electron chi connectivity index (χ1n) is 13.4. The van der Waals surface area contributed by atoms with Crippen molar-refractivity contribution in [2.24, 2.45) is 0 Å². The summed E-state index contributed by atoms with van der Waals surface area (Å²) in [7, 11) is 0. The fourth-order valence-electron chi connectivity index (χ4n) is 6.54. The van der Waals surface area contributed by atoms with Crippen molar-refractivity contribution in [3.63, 3.8) is 0 Å². The third kappa shape index (κ3) is 4.48. The van der Waals surface area contributed by atoms with E-state index in [1.165, 1.54) is 66.8 Å². The van der Waals surface area contributed by atoms with E-state index in [2.05, 4.69) is 121 Å². The van der Waals surface area contributed by atoms with Crippen molar-refractivity contribution in [2.45, 2.75) is 71.6 Å². The van der Waals surface area contributed by atoms with Gasteiger partial charge in [-0.25, -0.2) is 0 Å². The number of hydrogen-bond donors (Lipinski definition) is 0. The van der Waals surface area contributed by atoms with E-state index in [-0.39, 0.29) is 37.0 Å². The molecule has 0 heterocycles. The van der Waals surface area contributed by atoms with Crippen LogP contribution in [0.15, 0.2) is 72.8 Å².